The van der Waals surface area contributed by atoms with Gasteiger partial charge in [0.05, 0.1) is 10.4 Å². The molecule has 0 bridgehead atoms. The molecule has 3 nitrogen and oxygen atoms in total. The quantitative estimate of drug-likeness (QED) is 0.595. The molecule has 0 aliphatic carbocycles. The summed E-state index contributed by atoms with van der Waals surface area (Å²) in [5.41, 5.74) is 1.91. The first kappa shape index (κ1) is 11.0. The van der Waals surface area contributed by atoms with Crippen molar-refractivity contribution in [3.63, 3.8) is 0 Å². The van der Waals surface area contributed by atoms with Crippen LogP contribution in [0.3, 0.4) is 0 Å². The van der Waals surface area contributed by atoms with Gasteiger partial charge in [0.1, 0.15) is 17.6 Å². The summed E-state index contributed by atoms with van der Waals surface area (Å²) >= 11 is 9.66. The van der Waals surface area contributed by atoms with E-state index in [0.717, 1.165) is 11.1 Å². The molecule has 1 aromatic heterocycles. The molecular formula is C12H8BrClN2O. The number of hydrogen-bond acceptors (Lipinski definition) is 3. The first-order chi connectivity index (χ1) is 8.27. The second-order valence-corrected chi connectivity index (χ2v) is 5.08. The van der Waals surface area contributed by atoms with Gasteiger partial charge in [-0.15, -0.1) is 0 Å². The van der Waals surface area contributed by atoms with E-state index in [9.17, 15) is 0 Å². The molecule has 2 unspecified atom stereocenters. The molecule has 17 heavy (non-hydrogen) atoms. The number of halogens is 2. The van der Waals surface area contributed by atoms with Gasteiger partial charge in [-0.05, 0) is 5.56 Å². The van der Waals surface area contributed by atoms with E-state index >= 15 is 0 Å². The zero-order valence-electron chi connectivity index (χ0n) is 8.68. The zero-order valence-corrected chi connectivity index (χ0v) is 11.0. The van der Waals surface area contributed by atoms with Gasteiger partial charge in [-0.1, -0.05) is 57.9 Å². The van der Waals surface area contributed by atoms with E-state index in [4.69, 9.17) is 16.3 Å². The Morgan fingerprint density at radius 3 is 2.65 bits per heavy atom. The highest BCUT2D eigenvalue weighted by molar-refractivity contribution is 9.09. The summed E-state index contributed by atoms with van der Waals surface area (Å²) in [6, 6.07) is 9.98. The monoisotopic (exact) mass is 310 g/mol. The van der Waals surface area contributed by atoms with Gasteiger partial charge in [-0.2, -0.15) is 0 Å². The van der Waals surface area contributed by atoms with Crippen molar-refractivity contribution in [2.24, 2.45) is 0 Å². The van der Waals surface area contributed by atoms with Gasteiger partial charge in [0, 0.05) is 0 Å². The van der Waals surface area contributed by atoms with E-state index in [1.165, 1.54) is 6.33 Å². The predicted octanol–water partition coefficient (Wildman–Crippen LogP) is 3.70. The van der Waals surface area contributed by atoms with E-state index in [1.54, 1.807) is 0 Å². The molecule has 0 N–H and O–H groups in total. The van der Waals surface area contributed by atoms with Crippen molar-refractivity contribution in [2.75, 3.05) is 0 Å². The lowest BCUT2D eigenvalue weighted by molar-refractivity contribution is 0.229. The summed E-state index contributed by atoms with van der Waals surface area (Å²) in [6.07, 6.45) is 1.30. The molecule has 1 aliphatic rings. The number of aromatic nitrogens is 2. The number of nitrogens with zero attached hydrogens (tertiary/aromatic N) is 2. The molecule has 0 saturated carbocycles. The third-order valence-corrected chi connectivity index (χ3v) is 3.95. The molecule has 0 fully saturated rings. The van der Waals surface area contributed by atoms with Gasteiger partial charge in [-0.25, -0.2) is 9.97 Å². The predicted molar refractivity (Wildman–Crippen MR) is 68.5 cm³/mol. The van der Waals surface area contributed by atoms with Gasteiger partial charge in [0.2, 0.25) is 5.88 Å². The second-order valence-electron chi connectivity index (χ2n) is 3.73. The Kier molecular flexibility index (Phi) is 2.76. The Bertz CT molecular complexity index is 549. The van der Waals surface area contributed by atoms with Crippen molar-refractivity contribution in [3.8, 4) is 5.88 Å². The van der Waals surface area contributed by atoms with Crippen LogP contribution in [-0.4, -0.2) is 9.97 Å². The zero-order chi connectivity index (χ0) is 11.8. The first-order valence-electron chi connectivity index (χ1n) is 5.13. The lowest BCUT2D eigenvalue weighted by Crippen LogP contribution is -2.05. The summed E-state index contributed by atoms with van der Waals surface area (Å²) in [6.45, 7) is 0. The molecule has 2 aromatic rings. The minimum absolute atomic E-state index is 0.0198. The Balaban J connectivity index is 2.02. The fourth-order valence-electron chi connectivity index (χ4n) is 1.90. The Labute approximate surface area is 112 Å². The molecule has 0 amide bonds. The van der Waals surface area contributed by atoms with Crippen molar-refractivity contribution >= 4 is 27.5 Å². The third-order valence-electron chi connectivity index (χ3n) is 2.71. The fourth-order valence-corrected chi connectivity index (χ4v) is 3.10. The highest BCUT2D eigenvalue weighted by atomic mass is 79.9. The maximum atomic E-state index is 6.06. The SMILES string of the molecule is Clc1ncnc2c1C(Br)C(c1ccccc1)O2. The topological polar surface area (TPSA) is 35.0 Å². The lowest BCUT2D eigenvalue weighted by atomic mass is 10.1. The van der Waals surface area contributed by atoms with Gasteiger partial charge in [0.25, 0.3) is 0 Å². The summed E-state index contributed by atoms with van der Waals surface area (Å²) < 4.78 is 5.80. The number of hydrogen-bond donors (Lipinski definition) is 0. The Morgan fingerprint density at radius 1 is 1.18 bits per heavy atom. The molecule has 1 aliphatic heterocycles. The van der Waals surface area contributed by atoms with E-state index in [-0.39, 0.29) is 10.9 Å². The molecule has 2 heterocycles. The Hall–Kier alpha value is -1.13. The smallest absolute Gasteiger partial charge is 0.223 e. The Morgan fingerprint density at radius 2 is 1.94 bits per heavy atom. The number of alkyl halides is 1. The van der Waals surface area contributed by atoms with Gasteiger partial charge in [-0.3, -0.25) is 0 Å². The van der Waals surface area contributed by atoms with E-state index in [0.29, 0.717) is 11.0 Å². The lowest BCUT2D eigenvalue weighted by Gasteiger charge is -2.13. The van der Waals surface area contributed by atoms with E-state index in [2.05, 4.69) is 25.9 Å². The van der Waals surface area contributed by atoms with Crippen LogP contribution in [0.15, 0.2) is 36.7 Å². The summed E-state index contributed by atoms with van der Waals surface area (Å²) in [5, 5.41) is 0.440. The average molecular weight is 312 g/mol. The highest BCUT2D eigenvalue weighted by Gasteiger charge is 2.37. The maximum Gasteiger partial charge on any atom is 0.223 e. The van der Waals surface area contributed by atoms with Gasteiger partial charge >= 0.3 is 0 Å². The van der Waals surface area contributed by atoms with E-state index in [1.807, 2.05) is 30.3 Å². The molecule has 0 radical (unpaired) electrons. The van der Waals surface area contributed by atoms with Crippen LogP contribution >= 0.6 is 27.5 Å². The molecule has 1 aromatic carbocycles. The highest BCUT2D eigenvalue weighted by Crippen LogP contribution is 2.50. The van der Waals surface area contributed by atoms with Crippen LogP contribution in [0.2, 0.25) is 5.15 Å². The average Bonchev–Trinajstić information content (AvgIpc) is 2.69. The van der Waals surface area contributed by atoms with Crippen LogP contribution in [0.1, 0.15) is 22.1 Å². The van der Waals surface area contributed by atoms with Crippen molar-refractivity contribution in [2.45, 2.75) is 10.9 Å². The standard InChI is InChI=1S/C12H8BrClN2O/c13-9-8-11(14)15-6-16-12(8)17-10(9)7-4-2-1-3-5-7/h1-6,9-10H. The van der Waals surface area contributed by atoms with Gasteiger partial charge in [0.15, 0.2) is 0 Å². The number of benzene rings is 1. The largest absolute Gasteiger partial charge is 0.468 e. The molecule has 0 spiro atoms. The third kappa shape index (κ3) is 1.81. The number of rotatable bonds is 1. The van der Waals surface area contributed by atoms with Crippen LogP contribution in [0.25, 0.3) is 0 Å². The molecular weight excluding hydrogens is 304 g/mol. The molecule has 86 valence electrons. The summed E-state index contributed by atoms with van der Waals surface area (Å²) in [5.74, 6) is 0.556. The normalized spacial score (nSPS) is 22.0. The molecule has 3 rings (SSSR count). The molecule has 5 heteroatoms. The summed E-state index contributed by atoms with van der Waals surface area (Å²) in [7, 11) is 0. The summed E-state index contributed by atoms with van der Waals surface area (Å²) in [4.78, 5) is 8.05. The van der Waals surface area contributed by atoms with Crippen LogP contribution < -0.4 is 4.74 Å². The van der Waals surface area contributed by atoms with Crippen molar-refractivity contribution in [3.05, 3.63) is 52.9 Å². The van der Waals surface area contributed by atoms with Crippen molar-refractivity contribution in [1.82, 2.24) is 9.97 Å². The van der Waals surface area contributed by atoms with Gasteiger partial charge < -0.3 is 4.74 Å². The maximum absolute atomic E-state index is 6.06. The van der Waals surface area contributed by atoms with E-state index < -0.39 is 0 Å². The van der Waals surface area contributed by atoms with Crippen LogP contribution in [0.5, 0.6) is 5.88 Å². The van der Waals surface area contributed by atoms with Crippen molar-refractivity contribution < 1.29 is 4.74 Å². The molecule has 0 saturated heterocycles. The van der Waals surface area contributed by atoms with Crippen molar-refractivity contribution in [1.29, 1.82) is 0 Å². The minimum atomic E-state index is -0.111. The fraction of sp³-hybridized carbons (Fsp3) is 0.167. The van der Waals surface area contributed by atoms with Crippen LogP contribution in [0, 0.1) is 0 Å². The second kappa shape index (κ2) is 4.27. The first-order valence-corrected chi connectivity index (χ1v) is 6.43. The number of fused-ring (bicyclic) bond motifs is 1. The number of ether oxygens (including phenoxy) is 1. The van der Waals surface area contributed by atoms with Crippen LogP contribution in [-0.2, 0) is 0 Å². The van der Waals surface area contributed by atoms with Crippen LogP contribution in [0.4, 0.5) is 0 Å². The molecule has 2 atom stereocenters. The minimum Gasteiger partial charge on any atom is -0.468 e.